The highest BCUT2D eigenvalue weighted by Gasteiger charge is 2.29. The first kappa shape index (κ1) is 13.1. The van der Waals surface area contributed by atoms with Crippen molar-refractivity contribution in [2.24, 2.45) is 17.6 Å². The first-order chi connectivity index (χ1) is 9.15. The molecule has 0 radical (unpaired) electrons. The molecule has 1 saturated carbocycles. The SMILES string of the molecule is CC1CCc2c(C(=O)NCC(N)C3CC3)csc2C1. The van der Waals surface area contributed by atoms with Gasteiger partial charge in [-0.2, -0.15) is 0 Å². The van der Waals surface area contributed by atoms with Crippen LogP contribution in [0.2, 0.25) is 0 Å². The maximum absolute atomic E-state index is 12.2. The van der Waals surface area contributed by atoms with E-state index in [4.69, 9.17) is 5.73 Å². The Labute approximate surface area is 118 Å². The average molecular weight is 278 g/mol. The molecule has 0 aliphatic heterocycles. The summed E-state index contributed by atoms with van der Waals surface area (Å²) in [5.74, 6) is 1.46. The number of hydrogen-bond donors (Lipinski definition) is 2. The summed E-state index contributed by atoms with van der Waals surface area (Å²) in [5, 5.41) is 5.04. The van der Waals surface area contributed by atoms with E-state index < -0.39 is 0 Å². The molecule has 0 bridgehead atoms. The summed E-state index contributed by atoms with van der Waals surface area (Å²) < 4.78 is 0. The molecule has 2 atom stereocenters. The number of carbonyl (C=O) groups is 1. The zero-order valence-electron chi connectivity index (χ0n) is 11.4. The Kier molecular flexibility index (Phi) is 3.63. The highest BCUT2D eigenvalue weighted by molar-refractivity contribution is 7.10. The van der Waals surface area contributed by atoms with Crippen LogP contribution in [0.15, 0.2) is 5.38 Å². The van der Waals surface area contributed by atoms with Crippen molar-refractivity contribution in [1.82, 2.24) is 5.32 Å². The van der Waals surface area contributed by atoms with E-state index in [9.17, 15) is 4.79 Å². The number of nitrogens with one attached hydrogen (secondary N) is 1. The smallest absolute Gasteiger partial charge is 0.252 e. The largest absolute Gasteiger partial charge is 0.350 e. The lowest BCUT2D eigenvalue weighted by Gasteiger charge is -2.19. The van der Waals surface area contributed by atoms with Gasteiger partial charge < -0.3 is 11.1 Å². The van der Waals surface area contributed by atoms with Crippen LogP contribution in [0.25, 0.3) is 0 Å². The van der Waals surface area contributed by atoms with Crippen molar-refractivity contribution in [3.8, 4) is 0 Å². The van der Waals surface area contributed by atoms with E-state index in [1.165, 1.54) is 29.7 Å². The maximum Gasteiger partial charge on any atom is 0.252 e. The van der Waals surface area contributed by atoms with Crippen LogP contribution >= 0.6 is 11.3 Å². The van der Waals surface area contributed by atoms with Crippen LogP contribution in [0.5, 0.6) is 0 Å². The Balaban J connectivity index is 1.63. The number of amides is 1. The van der Waals surface area contributed by atoms with Gasteiger partial charge in [-0.1, -0.05) is 6.92 Å². The fourth-order valence-electron chi connectivity index (χ4n) is 2.86. The topological polar surface area (TPSA) is 55.1 Å². The Morgan fingerprint density at radius 2 is 2.32 bits per heavy atom. The standard InChI is InChI=1S/C15H22N2OS/c1-9-2-5-11-12(8-19-14(11)6-9)15(18)17-7-13(16)10-3-4-10/h8-10,13H,2-7,16H2,1H3,(H,17,18). The van der Waals surface area contributed by atoms with Crippen molar-refractivity contribution >= 4 is 17.2 Å². The van der Waals surface area contributed by atoms with Crippen molar-refractivity contribution in [2.75, 3.05) is 6.54 Å². The van der Waals surface area contributed by atoms with Gasteiger partial charge in [-0.05, 0) is 49.5 Å². The van der Waals surface area contributed by atoms with Crippen molar-refractivity contribution in [1.29, 1.82) is 0 Å². The quantitative estimate of drug-likeness (QED) is 0.888. The minimum absolute atomic E-state index is 0.0724. The molecule has 1 amide bonds. The van der Waals surface area contributed by atoms with Gasteiger partial charge in [-0.15, -0.1) is 11.3 Å². The van der Waals surface area contributed by atoms with Crippen LogP contribution in [0.1, 0.15) is 47.0 Å². The second-order valence-corrected chi connectivity index (χ2v) is 7.07. The van der Waals surface area contributed by atoms with Crippen LogP contribution in [0.3, 0.4) is 0 Å². The van der Waals surface area contributed by atoms with Crippen molar-refractivity contribution in [2.45, 2.75) is 45.1 Å². The average Bonchev–Trinajstić information content (AvgIpc) is 3.16. The summed E-state index contributed by atoms with van der Waals surface area (Å²) in [6.45, 7) is 2.90. The molecule has 2 unspecified atom stereocenters. The highest BCUT2D eigenvalue weighted by Crippen LogP contribution is 2.33. The molecule has 1 fully saturated rings. The molecular weight excluding hydrogens is 256 g/mol. The third-order valence-corrected chi connectivity index (χ3v) is 5.42. The first-order valence-corrected chi connectivity index (χ1v) is 8.16. The fraction of sp³-hybridized carbons (Fsp3) is 0.667. The van der Waals surface area contributed by atoms with Gasteiger partial charge in [0.15, 0.2) is 0 Å². The van der Waals surface area contributed by atoms with Crippen LogP contribution in [-0.2, 0) is 12.8 Å². The fourth-order valence-corrected chi connectivity index (χ4v) is 4.11. The molecule has 0 saturated heterocycles. The molecule has 104 valence electrons. The molecule has 3 N–H and O–H groups in total. The second kappa shape index (κ2) is 5.25. The maximum atomic E-state index is 12.2. The Morgan fingerprint density at radius 1 is 1.53 bits per heavy atom. The van der Waals surface area contributed by atoms with E-state index in [2.05, 4.69) is 12.2 Å². The summed E-state index contributed by atoms with van der Waals surface area (Å²) >= 11 is 1.74. The zero-order valence-corrected chi connectivity index (χ0v) is 12.3. The summed E-state index contributed by atoms with van der Waals surface area (Å²) in [6.07, 6.45) is 5.84. The van der Waals surface area contributed by atoms with Gasteiger partial charge in [0, 0.05) is 22.8 Å². The lowest BCUT2D eigenvalue weighted by Crippen LogP contribution is -2.38. The van der Waals surface area contributed by atoms with E-state index in [0.29, 0.717) is 12.5 Å². The second-order valence-electron chi connectivity index (χ2n) is 6.11. The normalized spacial score (nSPS) is 23.8. The van der Waals surface area contributed by atoms with Gasteiger partial charge in [-0.25, -0.2) is 0 Å². The lowest BCUT2D eigenvalue weighted by molar-refractivity contribution is 0.0949. The third-order valence-electron chi connectivity index (χ3n) is 4.37. The monoisotopic (exact) mass is 278 g/mol. The predicted octanol–water partition coefficient (Wildman–Crippen LogP) is 2.34. The van der Waals surface area contributed by atoms with E-state index >= 15 is 0 Å². The molecule has 2 aliphatic carbocycles. The van der Waals surface area contributed by atoms with E-state index in [1.54, 1.807) is 11.3 Å². The summed E-state index contributed by atoms with van der Waals surface area (Å²) in [4.78, 5) is 13.7. The minimum Gasteiger partial charge on any atom is -0.350 e. The Morgan fingerprint density at radius 3 is 3.05 bits per heavy atom. The number of thiophene rings is 1. The van der Waals surface area contributed by atoms with Crippen LogP contribution < -0.4 is 11.1 Å². The number of nitrogens with two attached hydrogens (primary N) is 1. The van der Waals surface area contributed by atoms with Crippen molar-refractivity contribution < 1.29 is 4.79 Å². The van der Waals surface area contributed by atoms with Crippen LogP contribution in [0, 0.1) is 11.8 Å². The van der Waals surface area contributed by atoms with E-state index in [-0.39, 0.29) is 11.9 Å². The molecule has 4 heteroatoms. The summed E-state index contributed by atoms with van der Waals surface area (Å²) in [7, 11) is 0. The number of rotatable bonds is 4. The first-order valence-electron chi connectivity index (χ1n) is 7.28. The highest BCUT2D eigenvalue weighted by atomic mass is 32.1. The molecule has 3 rings (SSSR count). The summed E-state index contributed by atoms with van der Waals surface area (Å²) in [5.41, 5.74) is 8.21. The van der Waals surface area contributed by atoms with Gasteiger partial charge in [0.05, 0.1) is 5.56 Å². The predicted molar refractivity (Wildman–Crippen MR) is 78.5 cm³/mol. The third kappa shape index (κ3) is 2.84. The number of carbonyl (C=O) groups excluding carboxylic acids is 1. The van der Waals surface area contributed by atoms with Gasteiger partial charge in [0.25, 0.3) is 5.91 Å². The molecule has 0 aromatic carbocycles. The zero-order chi connectivity index (χ0) is 13.4. The molecule has 1 aromatic rings. The lowest BCUT2D eigenvalue weighted by atomic mass is 9.88. The molecule has 1 aromatic heterocycles. The van der Waals surface area contributed by atoms with E-state index in [0.717, 1.165) is 24.3 Å². The number of hydrogen-bond acceptors (Lipinski definition) is 3. The van der Waals surface area contributed by atoms with Gasteiger partial charge in [-0.3, -0.25) is 4.79 Å². The van der Waals surface area contributed by atoms with Crippen LogP contribution in [0.4, 0.5) is 0 Å². The molecule has 3 nitrogen and oxygen atoms in total. The molecule has 0 spiro atoms. The molecule has 2 aliphatic rings. The minimum atomic E-state index is 0.0724. The molecular formula is C15H22N2OS. The molecule has 1 heterocycles. The van der Waals surface area contributed by atoms with Crippen molar-refractivity contribution in [3.63, 3.8) is 0 Å². The van der Waals surface area contributed by atoms with Gasteiger partial charge >= 0.3 is 0 Å². The summed E-state index contributed by atoms with van der Waals surface area (Å²) in [6, 6.07) is 0.137. The van der Waals surface area contributed by atoms with Crippen LogP contribution in [-0.4, -0.2) is 18.5 Å². The van der Waals surface area contributed by atoms with Gasteiger partial charge in [0.1, 0.15) is 0 Å². The Hall–Kier alpha value is -0.870. The Bertz CT molecular complexity index is 478. The van der Waals surface area contributed by atoms with E-state index in [1.807, 2.05) is 5.38 Å². The molecule has 19 heavy (non-hydrogen) atoms. The van der Waals surface area contributed by atoms with Gasteiger partial charge in [0.2, 0.25) is 0 Å². The number of fused-ring (bicyclic) bond motifs is 1. The van der Waals surface area contributed by atoms with Crippen molar-refractivity contribution in [3.05, 3.63) is 21.4 Å².